The largest absolute Gasteiger partial charge is 0.424 e. The molecule has 1 aromatic heterocycles. The average molecular weight is 211 g/mol. The quantitative estimate of drug-likeness (QED) is 0.806. The van der Waals surface area contributed by atoms with E-state index in [1.54, 1.807) is 6.92 Å². The lowest BCUT2D eigenvalue weighted by molar-refractivity contribution is 0.0824. The lowest BCUT2D eigenvalue weighted by Crippen LogP contribution is -2.36. The molecule has 0 amide bonds. The molecule has 0 unspecified atom stereocenters. The molecule has 1 aliphatic heterocycles. The monoisotopic (exact) mass is 211 g/mol. The van der Waals surface area contributed by atoms with Gasteiger partial charge in [0.15, 0.2) is 0 Å². The summed E-state index contributed by atoms with van der Waals surface area (Å²) in [6, 6.07) is 0.333. The predicted octanol–water partition coefficient (Wildman–Crippen LogP) is 1.04. The zero-order valence-corrected chi connectivity index (χ0v) is 9.19. The summed E-state index contributed by atoms with van der Waals surface area (Å²) in [6.07, 6.45) is 2.63. The van der Waals surface area contributed by atoms with Crippen LogP contribution in [0.2, 0.25) is 0 Å². The highest BCUT2D eigenvalue weighted by Gasteiger charge is 2.22. The van der Waals surface area contributed by atoms with Gasteiger partial charge in [-0.15, -0.1) is 10.2 Å². The smallest absolute Gasteiger partial charge is 0.230 e. The Bertz CT molecular complexity index is 307. The van der Waals surface area contributed by atoms with Gasteiger partial charge in [0.2, 0.25) is 11.8 Å². The molecule has 0 aromatic carbocycles. The molecule has 2 heterocycles. The van der Waals surface area contributed by atoms with Crippen LogP contribution >= 0.6 is 0 Å². The molecule has 5 nitrogen and oxygen atoms in total. The van der Waals surface area contributed by atoms with Crippen LogP contribution < -0.4 is 5.32 Å². The lowest BCUT2D eigenvalue weighted by atomic mass is 10.1. The molecule has 2 atom stereocenters. The number of hydrogen-bond donors (Lipinski definition) is 1. The maximum atomic E-state index is 5.58. The first-order valence-corrected chi connectivity index (χ1v) is 5.39. The van der Waals surface area contributed by atoms with Crippen LogP contribution in [0.3, 0.4) is 0 Å². The number of nitrogens with one attached hydrogen (secondary N) is 1. The number of hydrogen-bond acceptors (Lipinski definition) is 5. The highest BCUT2D eigenvalue weighted by molar-refractivity contribution is 4.82. The highest BCUT2D eigenvalue weighted by Crippen LogP contribution is 2.15. The summed E-state index contributed by atoms with van der Waals surface area (Å²) in [5.41, 5.74) is 0. The van der Waals surface area contributed by atoms with Crippen molar-refractivity contribution in [3.05, 3.63) is 11.8 Å². The van der Waals surface area contributed by atoms with Gasteiger partial charge in [-0.1, -0.05) is 0 Å². The molecule has 0 saturated carbocycles. The summed E-state index contributed by atoms with van der Waals surface area (Å²) < 4.78 is 10.9. The molecule has 15 heavy (non-hydrogen) atoms. The first-order chi connectivity index (χ1) is 7.25. The Morgan fingerprint density at radius 1 is 1.53 bits per heavy atom. The fourth-order valence-electron chi connectivity index (χ4n) is 1.79. The van der Waals surface area contributed by atoms with E-state index in [1.807, 2.05) is 0 Å². The van der Waals surface area contributed by atoms with Crippen LogP contribution in [0.4, 0.5) is 0 Å². The van der Waals surface area contributed by atoms with E-state index >= 15 is 0 Å². The summed E-state index contributed by atoms with van der Waals surface area (Å²) >= 11 is 0. The summed E-state index contributed by atoms with van der Waals surface area (Å²) in [5, 5.41) is 11.0. The maximum Gasteiger partial charge on any atom is 0.230 e. The molecular formula is C10H17N3O2. The Hall–Kier alpha value is -0.940. The van der Waals surface area contributed by atoms with Crippen molar-refractivity contribution in [1.82, 2.24) is 15.5 Å². The van der Waals surface area contributed by atoms with E-state index < -0.39 is 0 Å². The Balaban J connectivity index is 1.77. The normalized spacial score (nSPS) is 23.2. The second-order valence-electron chi connectivity index (χ2n) is 3.94. The second kappa shape index (κ2) is 4.72. The van der Waals surface area contributed by atoms with Gasteiger partial charge >= 0.3 is 0 Å². The fourth-order valence-corrected chi connectivity index (χ4v) is 1.79. The van der Waals surface area contributed by atoms with Gasteiger partial charge in [0.25, 0.3) is 0 Å². The first-order valence-electron chi connectivity index (χ1n) is 5.39. The molecule has 1 N–H and O–H groups in total. The molecule has 5 heteroatoms. The number of aromatic nitrogens is 2. The van der Waals surface area contributed by atoms with Crippen LogP contribution in [0.15, 0.2) is 4.42 Å². The van der Waals surface area contributed by atoms with Crippen LogP contribution in [0.1, 0.15) is 31.5 Å². The van der Waals surface area contributed by atoms with E-state index in [2.05, 4.69) is 22.4 Å². The van der Waals surface area contributed by atoms with Gasteiger partial charge in [0.1, 0.15) is 0 Å². The highest BCUT2D eigenvalue weighted by atomic mass is 16.5. The van der Waals surface area contributed by atoms with Gasteiger partial charge in [0, 0.05) is 19.6 Å². The van der Waals surface area contributed by atoms with Gasteiger partial charge in [0.05, 0.1) is 12.6 Å². The van der Waals surface area contributed by atoms with Gasteiger partial charge in [-0.2, -0.15) is 0 Å². The van der Waals surface area contributed by atoms with Crippen molar-refractivity contribution >= 4 is 0 Å². The van der Waals surface area contributed by atoms with Gasteiger partial charge in [-0.25, -0.2) is 0 Å². The number of ether oxygens (including phenoxy) is 1. The van der Waals surface area contributed by atoms with Crippen molar-refractivity contribution in [2.75, 3.05) is 6.61 Å². The molecule has 0 spiro atoms. The molecule has 1 saturated heterocycles. The standard InChI is InChI=1S/C10H17N3O2/c1-7(9-4-3-5-14-9)11-6-10-13-12-8(2)15-10/h7,9,11H,3-6H2,1-2H3/t7-,9-/m0/s1. The summed E-state index contributed by atoms with van der Waals surface area (Å²) in [6.45, 7) is 5.41. The van der Waals surface area contributed by atoms with E-state index in [0.717, 1.165) is 19.4 Å². The molecule has 0 bridgehead atoms. The SMILES string of the molecule is Cc1nnc(CN[C@@H](C)[C@@H]2CCCO2)o1. The van der Waals surface area contributed by atoms with Crippen molar-refractivity contribution < 1.29 is 9.15 Å². The molecule has 1 fully saturated rings. The van der Waals surface area contributed by atoms with E-state index in [1.165, 1.54) is 0 Å². The van der Waals surface area contributed by atoms with Crippen LogP contribution in [0.25, 0.3) is 0 Å². The van der Waals surface area contributed by atoms with Crippen LogP contribution in [0, 0.1) is 6.92 Å². The van der Waals surface area contributed by atoms with Crippen LogP contribution in [-0.2, 0) is 11.3 Å². The maximum absolute atomic E-state index is 5.58. The van der Waals surface area contributed by atoms with Gasteiger partial charge in [-0.05, 0) is 19.8 Å². The number of aryl methyl sites for hydroxylation is 1. The van der Waals surface area contributed by atoms with Crippen LogP contribution in [-0.4, -0.2) is 29.0 Å². The Morgan fingerprint density at radius 3 is 3.00 bits per heavy atom. The molecule has 84 valence electrons. The van der Waals surface area contributed by atoms with Gasteiger partial charge < -0.3 is 14.5 Å². The third kappa shape index (κ3) is 2.76. The van der Waals surface area contributed by atoms with Crippen molar-refractivity contribution in [3.63, 3.8) is 0 Å². The number of nitrogens with zero attached hydrogens (tertiary/aromatic N) is 2. The van der Waals surface area contributed by atoms with Crippen molar-refractivity contribution in [2.45, 2.75) is 45.4 Å². The first kappa shape index (κ1) is 10.6. The minimum atomic E-state index is 0.328. The molecule has 0 radical (unpaired) electrons. The minimum Gasteiger partial charge on any atom is -0.424 e. The van der Waals surface area contributed by atoms with Crippen molar-refractivity contribution in [1.29, 1.82) is 0 Å². The van der Waals surface area contributed by atoms with E-state index in [4.69, 9.17) is 9.15 Å². The fraction of sp³-hybridized carbons (Fsp3) is 0.800. The zero-order chi connectivity index (χ0) is 10.7. The number of rotatable bonds is 4. The molecule has 2 rings (SSSR count). The van der Waals surface area contributed by atoms with Crippen molar-refractivity contribution in [3.8, 4) is 0 Å². The Morgan fingerprint density at radius 2 is 2.40 bits per heavy atom. The molecule has 1 aromatic rings. The third-order valence-electron chi connectivity index (χ3n) is 2.67. The summed E-state index contributed by atoms with van der Waals surface area (Å²) in [5.74, 6) is 1.24. The Labute approximate surface area is 89.2 Å². The van der Waals surface area contributed by atoms with Gasteiger partial charge in [-0.3, -0.25) is 0 Å². The second-order valence-corrected chi connectivity index (χ2v) is 3.94. The van der Waals surface area contributed by atoms with E-state index in [-0.39, 0.29) is 0 Å². The molecule has 1 aliphatic rings. The zero-order valence-electron chi connectivity index (χ0n) is 9.19. The third-order valence-corrected chi connectivity index (χ3v) is 2.67. The average Bonchev–Trinajstić information content (AvgIpc) is 2.84. The molecular weight excluding hydrogens is 194 g/mol. The Kier molecular flexibility index (Phi) is 3.33. The van der Waals surface area contributed by atoms with Crippen molar-refractivity contribution in [2.24, 2.45) is 0 Å². The van der Waals surface area contributed by atoms with E-state index in [9.17, 15) is 0 Å². The predicted molar refractivity (Wildman–Crippen MR) is 54.3 cm³/mol. The summed E-state index contributed by atoms with van der Waals surface area (Å²) in [4.78, 5) is 0. The van der Waals surface area contributed by atoms with E-state index in [0.29, 0.717) is 30.5 Å². The lowest BCUT2D eigenvalue weighted by Gasteiger charge is -2.18. The minimum absolute atomic E-state index is 0.328. The van der Waals surface area contributed by atoms with Crippen LogP contribution in [0.5, 0.6) is 0 Å². The summed E-state index contributed by atoms with van der Waals surface area (Å²) in [7, 11) is 0. The topological polar surface area (TPSA) is 60.2 Å². The molecule has 0 aliphatic carbocycles.